The van der Waals surface area contributed by atoms with Crippen LogP contribution in [0.3, 0.4) is 0 Å². The second-order valence-corrected chi connectivity index (χ2v) is 6.90. The highest BCUT2D eigenvalue weighted by Crippen LogP contribution is 2.36. The van der Waals surface area contributed by atoms with Crippen LogP contribution in [0.5, 0.6) is 0 Å². The number of ether oxygens (including phenoxy) is 1. The van der Waals surface area contributed by atoms with Crippen molar-refractivity contribution in [2.75, 3.05) is 31.1 Å². The van der Waals surface area contributed by atoms with Crippen LogP contribution in [-0.2, 0) is 9.53 Å². The van der Waals surface area contributed by atoms with Crippen LogP contribution in [0, 0.1) is 17.8 Å². The van der Waals surface area contributed by atoms with Gasteiger partial charge in [0.2, 0.25) is 5.91 Å². The average Bonchev–Trinajstić information content (AvgIpc) is 3.27. The van der Waals surface area contributed by atoms with Crippen molar-refractivity contribution in [1.29, 1.82) is 0 Å². The van der Waals surface area contributed by atoms with E-state index >= 15 is 0 Å². The van der Waals surface area contributed by atoms with Crippen LogP contribution in [0.25, 0.3) is 0 Å². The fourth-order valence-corrected chi connectivity index (χ4v) is 3.80. The zero-order valence-electron chi connectivity index (χ0n) is 12.9. The zero-order valence-corrected chi connectivity index (χ0v) is 12.9. The maximum atomic E-state index is 12.7. The lowest BCUT2D eigenvalue weighted by molar-refractivity contribution is -0.127. The Balaban J connectivity index is 1.48. The third-order valence-electron chi connectivity index (χ3n) is 5.31. The Kier molecular flexibility index (Phi) is 3.78. The smallest absolute Gasteiger partial charge is 0.225 e. The third kappa shape index (κ3) is 2.84. The SMILES string of the molecule is O=C(NCC1CC1)[C@@H]1CN(c2ccccc2)C[C@@H]2OCC[C@@H]21. The highest BCUT2D eigenvalue weighted by molar-refractivity contribution is 5.80. The molecular weight excluding hydrogens is 276 g/mol. The Morgan fingerprint density at radius 1 is 1.18 bits per heavy atom. The third-order valence-corrected chi connectivity index (χ3v) is 5.31. The zero-order chi connectivity index (χ0) is 14.9. The number of anilines is 1. The molecular formula is C18H24N2O2. The Bertz CT molecular complexity index is 529. The molecule has 1 N–H and O–H groups in total. The molecule has 0 spiro atoms. The van der Waals surface area contributed by atoms with Gasteiger partial charge < -0.3 is 15.0 Å². The fourth-order valence-electron chi connectivity index (χ4n) is 3.80. The predicted molar refractivity (Wildman–Crippen MR) is 85.7 cm³/mol. The minimum atomic E-state index is 0.0557. The molecule has 3 atom stereocenters. The standard InChI is InChI=1S/C18H24N2O2/c21-18(19-10-13-6-7-13)16-11-20(14-4-2-1-3-5-14)12-17-15(16)8-9-22-17/h1-5,13,15-17H,6-12H2,(H,19,21)/t15-,16-,17+/m1/s1. The van der Waals surface area contributed by atoms with Gasteiger partial charge in [0.15, 0.2) is 0 Å². The molecule has 2 saturated heterocycles. The molecule has 4 heteroatoms. The van der Waals surface area contributed by atoms with Crippen LogP contribution in [0.4, 0.5) is 5.69 Å². The first kappa shape index (κ1) is 14.1. The number of nitrogens with one attached hydrogen (secondary N) is 1. The quantitative estimate of drug-likeness (QED) is 0.925. The molecule has 1 aromatic rings. The lowest BCUT2D eigenvalue weighted by Crippen LogP contribution is -2.53. The van der Waals surface area contributed by atoms with Gasteiger partial charge >= 0.3 is 0 Å². The summed E-state index contributed by atoms with van der Waals surface area (Å²) >= 11 is 0. The maximum absolute atomic E-state index is 12.7. The second kappa shape index (κ2) is 5.92. The van der Waals surface area contributed by atoms with Crippen LogP contribution < -0.4 is 10.2 Å². The van der Waals surface area contributed by atoms with Crippen LogP contribution in [0.2, 0.25) is 0 Å². The van der Waals surface area contributed by atoms with Crippen LogP contribution in [0.15, 0.2) is 30.3 Å². The van der Waals surface area contributed by atoms with E-state index in [0.29, 0.717) is 5.92 Å². The number of para-hydroxylation sites is 1. The van der Waals surface area contributed by atoms with E-state index in [2.05, 4.69) is 34.5 Å². The number of piperidine rings is 1. The van der Waals surface area contributed by atoms with Crippen molar-refractivity contribution in [1.82, 2.24) is 5.32 Å². The summed E-state index contributed by atoms with van der Waals surface area (Å²) in [4.78, 5) is 15.0. The van der Waals surface area contributed by atoms with E-state index in [1.165, 1.54) is 18.5 Å². The summed E-state index contributed by atoms with van der Waals surface area (Å²) in [5.74, 6) is 1.40. The molecule has 4 nitrogen and oxygen atoms in total. The summed E-state index contributed by atoms with van der Waals surface area (Å²) in [6, 6.07) is 10.4. The van der Waals surface area contributed by atoms with Gasteiger partial charge in [0.25, 0.3) is 0 Å². The van der Waals surface area contributed by atoms with Crippen LogP contribution in [0.1, 0.15) is 19.3 Å². The monoisotopic (exact) mass is 300 g/mol. The van der Waals surface area contributed by atoms with Gasteiger partial charge in [0, 0.05) is 37.8 Å². The minimum absolute atomic E-state index is 0.0557. The van der Waals surface area contributed by atoms with Crippen LogP contribution in [-0.4, -0.2) is 38.3 Å². The second-order valence-electron chi connectivity index (χ2n) is 6.90. The number of nitrogens with zero attached hydrogens (tertiary/aromatic N) is 1. The molecule has 3 aliphatic rings. The number of benzene rings is 1. The molecule has 0 bridgehead atoms. The van der Waals surface area contributed by atoms with E-state index in [4.69, 9.17) is 4.74 Å². The number of carbonyl (C=O) groups excluding carboxylic acids is 1. The topological polar surface area (TPSA) is 41.6 Å². The van der Waals surface area contributed by atoms with E-state index in [-0.39, 0.29) is 17.9 Å². The normalized spacial score (nSPS) is 30.9. The Morgan fingerprint density at radius 2 is 2.00 bits per heavy atom. The first-order valence-electron chi connectivity index (χ1n) is 8.50. The molecule has 2 heterocycles. The molecule has 1 aromatic carbocycles. The molecule has 0 aromatic heterocycles. The summed E-state index contributed by atoms with van der Waals surface area (Å²) in [7, 11) is 0. The molecule has 118 valence electrons. The van der Waals surface area contributed by atoms with E-state index in [1.807, 2.05) is 6.07 Å². The number of carbonyl (C=O) groups is 1. The molecule has 3 fully saturated rings. The largest absolute Gasteiger partial charge is 0.376 e. The highest BCUT2D eigenvalue weighted by atomic mass is 16.5. The summed E-state index contributed by atoms with van der Waals surface area (Å²) in [5.41, 5.74) is 1.19. The molecule has 1 saturated carbocycles. The Labute approximate surface area is 131 Å². The number of fused-ring (bicyclic) bond motifs is 1. The average molecular weight is 300 g/mol. The maximum Gasteiger partial charge on any atom is 0.225 e. The van der Waals surface area contributed by atoms with Crippen LogP contribution >= 0.6 is 0 Å². The molecule has 1 amide bonds. The number of amides is 1. The van der Waals surface area contributed by atoms with Gasteiger partial charge in [-0.15, -0.1) is 0 Å². The van der Waals surface area contributed by atoms with Gasteiger partial charge in [0.05, 0.1) is 12.0 Å². The number of hydrogen-bond acceptors (Lipinski definition) is 3. The highest BCUT2D eigenvalue weighted by Gasteiger charge is 2.44. The van der Waals surface area contributed by atoms with Gasteiger partial charge in [-0.3, -0.25) is 4.79 Å². The summed E-state index contributed by atoms with van der Waals surface area (Å²) < 4.78 is 5.91. The van der Waals surface area contributed by atoms with Gasteiger partial charge in [-0.25, -0.2) is 0 Å². The first-order valence-corrected chi connectivity index (χ1v) is 8.50. The van der Waals surface area contributed by atoms with Crippen molar-refractivity contribution in [3.8, 4) is 0 Å². The van der Waals surface area contributed by atoms with Crippen molar-refractivity contribution < 1.29 is 9.53 Å². The first-order chi connectivity index (χ1) is 10.8. The summed E-state index contributed by atoms with van der Waals surface area (Å²) in [6.07, 6.45) is 3.77. The van der Waals surface area contributed by atoms with Crippen molar-refractivity contribution >= 4 is 11.6 Å². The fraction of sp³-hybridized carbons (Fsp3) is 0.611. The van der Waals surface area contributed by atoms with E-state index in [9.17, 15) is 4.79 Å². The molecule has 0 unspecified atom stereocenters. The summed E-state index contributed by atoms with van der Waals surface area (Å²) in [6.45, 7) is 3.37. The van der Waals surface area contributed by atoms with Gasteiger partial charge in [-0.2, -0.15) is 0 Å². The molecule has 1 aliphatic carbocycles. The Morgan fingerprint density at radius 3 is 2.77 bits per heavy atom. The van der Waals surface area contributed by atoms with Gasteiger partial charge in [-0.1, -0.05) is 18.2 Å². The molecule has 2 aliphatic heterocycles. The van der Waals surface area contributed by atoms with Gasteiger partial charge in [-0.05, 0) is 37.3 Å². The minimum Gasteiger partial charge on any atom is -0.376 e. The Hall–Kier alpha value is -1.55. The molecule has 0 radical (unpaired) electrons. The van der Waals surface area contributed by atoms with Crippen molar-refractivity contribution in [3.63, 3.8) is 0 Å². The lowest BCUT2D eigenvalue weighted by Gasteiger charge is -2.40. The van der Waals surface area contributed by atoms with Gasteiger partial charge in [0.1, 0.15) is 0 Å². The van der Waals surface area contributed by atoms with E-state index in [1.54, 1.807) is 0 Å². The predicted octanol–water partition coefficient (Wildman–Crippen LogP) is 2.05. The van der Waals surface area contributed by atoms with E-state index in [0.717, 1.165) is 38.6 Å². The van der Waals surface area contributed by atoms with Crippen molar-refractivity contribution in [2.45, 2.75) is 25.4 Å². The van der Waals surface area contributed by atoms with Crippen molar-refractivity contribution in [3.05, 3.63) is 30.3 Å². The number of hydrogen-bond donors (Lipinski definition) is 1. The number of rotatable bonds is 4. The van der Waals surface area contributed by atoms with E-state index < -0.39 is 0 Å². The summed E-state index contributed by atoms with van der Waals surface area (Å²) in [5, 5.41) is 3.18. The molecule has 22 heavy (non-hydrogen) atoms. The van der Waals surface area contributed by atoms with Crippen molar-refractivity contribution in [2.24, 2.45) is 17.8 Å². The lowest BCUT2D eigenvalue weighted by atomic mass is 9.82. The molecule has 4 rings (SSSR count).